The highest BCUT2D eigenvalue weighted by atomic mass is 35.5. The van der Waals surface area contributed by atoms with Crippen molar-refractivity contribution < 1.29 is 14.4 Å². The highest BCUT2D eigenvalue weighted by Gasteiger charge is 2.39. The molecule has 5 aromatic rings. The average Bonchev–Trinajstić information content (AvgIpc) is 3.80. The van der Waals surface area contributed by atoms with Gasteiger partial charge < -0.3 is 14.7 Å². The van der Waals surface area contributed by atoms with Crippen molar-refractivity contribution in [3.05, 3.63) is 123 Å². The summed E-state index contributed by atoms with van der Waals surface area (Å²) in [5.74, 6) is -0.0836. The van der Waals surface area contributed by atoms with Crippen LogP contribution in [0.2, 0.25) is 5.02 Å². The summed E-state index contributed by atoms with van der Waals surface area (Å²) in [5, 5.41) is 11.9. The standard InChI is InChI=1S/C47H48ClN7O3/c48-41-7-2-1-4-37(41)38-6-3-5-36-39(14-15-42-40(36)27-49-51-42)45(38)31-8-10-33(11-9-31)53-20-18-30(19-21-53)28-52-22-24-54(25-23-52)34-12-13-35-32(26-34)29-55(47(35)58)43-16-17-44(56)50-46(43)57/h1-2,4,7-15,26-27,30,43H,3,5-6,16-25,28-29H2,(H,49,51)(H,50,56,57)/t43-/m0/s1. The van der Waals surface area contributed by atoms with Crippen molar-refractivity contribution in [2.24, 2.45) is 5.92 Å². The van der Waals surface area contributed by atoms with E-state index in [9.17, 15) is 14.4 Å². The number of carbonyl (C=O) groups is 3. The molecular weight excluding hydrogens is 746 g/mol. The van der Waals surface area contributed by atoms with Crippen molar-refractivity contribution >= 4 is 62.7 Å². The zero-order valence-electron chi connectivity index (χ0n) is 32.7. The van der Waals surface area contributed by atoms with E-state index in [4.69, 9.17) is 11.6 Å². The summed E-state index contributed by atoms with van der Waals surface area (Å²) in [4.78, 5) is 46.6. The van der Waals surface area contributed by atoms with E-state index >= 15 is 0 Å². The number of carbonyl (C=O) groups excluding carboxylic acids is 3. The van der Waals surface area contributed by atoms with Crippen LogP contribution in [-0.2, 0) is 22.6 Å². The number of fused-ring (bicyclic) bond motifs is 4. The lowest BCUT2D eigenvalue weighted by atomic mass is 9.87. The molecule has 3 saturated heterocycles. The van der Waals surface area contributed by atoms with Crippen LogP contribution in [-0.4, -0.2) is 89.6 Å². The largest absolute Gasteiger partial charge is 0.372 e. The number of hydrogen-bond acceptors (Lipinski definition) is 7. The lowest BCUT2D eigenvalue weighted by Crippen LogP contribution is -2.52. The van der Waals surface area contributed by atoms with Gasteiger partial charge in [-0.3, -0.25) is 29.7 Å². The monoisotopic (exact) mass is 793 g/mol. The normalized spacial score (nSPS) is 20.7. The van der Waals surface area contributed by atoms with E-state index in [1.165, 1.54) is 51.8 Å². The van der Waals surface area contributed by atoms with Gasteiger partial charge in [0, 0.05) is 86.1 Å². The van der Waals surface area contributed by atoms with Crippen molar-refractivity contribution in [1.29, 1.82) is 0 Å². The Kier molecular flexibility index (Phi) is 9.77. The van der Waals surface area contributed by atoms with Crippen molar-refractivity contribution in [3.63, 3.8) is 0 Å². The molecule has 1 atom stereocenters. The fraction of sp³-hybridized carbons (Fsp3) is 0.362. The van der Waals surface area contributed by atoms with Gasteiger partial charge in [0.25, 0.3) is 5.91 Å². The minimum Gasteiger partial charge on any atom is -0.372 e. The molecule has 296 valence electrons. The van der Waals surface area contributed by atoms with E-state index < -0.39 is 6.04 Å². The Labute approximate surface area is 343 Å². The van der Waals surface area contributed by atoms with Gasteiger partial charge in [0.15, 0.2) is 0 Å². The predicted molar refractivity (Wildman–Crippen MR) is 229 cm³/mol. The van der Waals surface area contributed by atoms with Crippen LogP contribution in [0, 0.1) is 5.92 Å². The van der Waals surface area contributed by atoms with E-state index in [-0.39, 0.29) is 24.1 Å². The molecule has 1 aromatic heterocycles. The molecule has 0 bridgehead atoms. The highest BCUT2D eigenvalue weighted by molar-refractivity contribution is 6.32. The van der Waals surface area contributed by atoms with Crippen LogP contribution in [0.25, 0.3) is 22.0 Å². The summed E-state index contributed by atoms with van der Waals surface area (Å²) in [6, 6.07) is 27.4. The van der Waals surface area contributed by atoms with Crippen molar-refractivity contribution in [2.75, 3.05) is 55.6 Å². The number of anilines is 2. The Morgan fingerprint density at radius 1 is 0.741 bits per heavy atom. The summed E-state index contributed by atoms with van der Waals surface area (Å²) in [6.07, 6.45) is 7.98. The van der Waals surface area contributed by atoms with Gasteiger partial charge in [-0.15, -0.1) is 0 Å². The number of hydrogen-bond donors (Lipinski definition) is 2. The Morgan fingerprint density at radius 2 is 1.50 bits per heavy atom. The molecular formula is C47H48ClN7O3. The second-order valence-electron chi connectivity index (χ2n) is 16.6. The van der Waals surface area contributed by atoms with E-state index in [2.05, 4.69) is 84.8 Å². The van der Waals surface area contributed by atoms with Gasteiger partial charge in [-0.05, 0) is 126 Å². The quantitative estimate of drug-likeness (QED) is 0.167. The van der Waals surface area contributed by atoms with E-state index in [0.29, 0.717) is 24.4 Å². The Balaban J connectivity index is 0.768. The minimum atomic E-state index is -0.589. The molecule has 0 spiro atoms. The number of piperidine rings is 2. The third-order valence-corrected chi connectivity index (χ3v) is 13.6. The maximum absolute atomic E-state index is 13.2. The number of piperazine rings is 1. The molecule has 2 N–H and O–H groups in total. The number of aryl methyl sites for hydroxylation is 1. The van der Waals surface area contributed by atoms with Gasteiger partial charge in [-0.1, -0.05) is 48.0 Å². The third-order valence-electron chi connectivity index (χ3n) is 13.3. The minimum absolute atomic E-state index is 0.123. The Morgan fingerprint density at radius 3 is 2.29 bits per heavy atom. The van der Waals surface area contributed by atoms with Gasteiger partial charge in [-0.2, -0.15) is 5.10 Å². The summed E-state index contributed by atoms with van der Waals surface area (Å²) in [5.41, 5.74) is 12.7. The number of allylic oxidation sites excluding steroid dienone is 1. The van der Waals surface area contributed by atoms with Crippen LogP contribution in [0.15, 0.2) is 85.1 Å². The first-order valence-electron chi connectivity index (χ1n) is 20.9. The van der Waals surface area contributed by atoms with Crippen molar-refractivity contribution in [2.45, 2.75) is 57.5 Å². The Hall–Kier alpha value is -5.45. The molecule has 3 fully saturated rings. The number of rotatable bonds is 7. The van der Waals surface area contributed by atoms with E-state index in [1.807, 2.05) is 30.5 Å². The number of H-pyrrole nitrogens is 1. The Bertz CT molecular complexity index is 2440. The highest BCUT2D eigenvalue weighted by Crippen LogP contribution is 2.44. The molecule has 3 amide bonds. The fourth-order valence-electron chi connectivity index (χ4n) is 10.1. The number of aromatic amines is 1. The van der Waals surface area contributed by atoms with Crippen LogP contribution in [0.1, 0.15) is 76.7 Å². The molecule has 0 saturated carbocycles. The first kappa shape index (κ1) is 36.9. The molecule has 0 radical (unpaired) electrons. The number of nitrogens with zero attached hydrogens (tertiary/aromatic N) is 5. The summed E-state index contributed by atoms with van der Waals surface area (Å²) in [6.45, 7) is 7.57. The molecule has 1 aliphatic carbocycles. The molecule has 10 rings (SSSR count). The second kappa shape index (κ2) is 15.4. The van der Waals surface area contributed by atoms with Gasteiger partial charge in [-0.25, -0.2) is 0 Å². The number of benzene rings is 4. The first-order valence-corrected chi connectivity index (χ1v) is 21.3. The van der Waals surface area contributed by atoms with Crippen molar-refractivity contribution in [3.8, 4) is 0 Å². The van der Waals surface area contributed by atoms with Crippen LogP contribution >= 0.6 is 11.6 Å². The van der Waals surface area contributed by atoms with Crippen LogP contribution in [0.3, 0.4) is 0 Å². The third kappa shape index (κ3) is 6.86. The summed E-state index contributed by atoms with van der Waals surface area (Å²) < 4.78 is 0. The SMILES string of the molecule is O=C1CC[C@H](N2Cc3cc(N4CCN(CC5CCN(c6ccc(C7=C(c8ccccc8Cl)CCCc8c7ccc7[nH]ncc87)cc6)CC5)CC4)ccc3C2=O)C(=O)N1. The van der Waals surface area contributed by atoms with Crippen molar-refractivity contribution in [1.82, 2.24) is 25.3 Å². The van der Waals surface area contributed by atoms with Gasteiger partial charge >= 0.3 is 0 Å². The lowest BCUT2D eigenvalue weighted by Gasteiger charge is -2.40. The number of nitrogens with one attached hydrogen (secondary N) is 2. The smallest absolute Gasteiger partial charge is 0.255 e. The van der Waals surface area contributed by atoms with Gasteiger partial charge in [0.2, 0.25) is 11.8 Å². The van der Waals surface area contributed by atoms with E-state index in [0.717, 1.165) is 92.4 Å². The lowest BCUT2D eigenvalue weighted by molar-refractivity contribution is -0.136. The molecule has 4 aromatic carbocycles. The number of halogens is 1. The molecule has 4 aliphatic heterocycles. The fourth-order valence-corrected chi connectivity index (χ4v) is 10.4. The van der Waals surface area contributed by atoms with Gasteiger partial charge in [0.1, 0.15) is 6.04 Å². The second-order valence-corrected chi connectivity index (χ2v) is 17.0. The molecule has 58 heavy (non-hydrogen) atoms. The topological polar surface area (TPSA) is 105 Å². The van der Waals surface area contributed by atoms with Crippen LogP contribution in [0.5, 0.6) is 0 Å². The molecule has 0 unspecified atom stereocenters. The first-order chi connectivity index (χ1) is 28.4. The zero-order chi connectivity index (χ0) is 39.3. The average molecular weight is 794 g/mol. The maximum atomic E-state index is 13.2. The van der Waals surface area contributed by atoms with E-state index in [1.54, 1.807) is 4.90 Å². The summed E-state index contributed by atoms with van der Waals surface area (Å²) in [7, 11) is 0. The van der Waals surface area contributed by atoms with Crippen LogP contribution < -0.4 is 15.1 Å². The number of imide groups is 1. The summed E-state index contributed by atoms with van der Waals surface area (Å²) >= 11 is 6.86. The molecule has 11 heteroatoms. The zero-order valence-corrected chi connectivity index (χ0v) is 33.4. The maximum Gasteiger partial charge on any atom is 0.255 e. The molecule has 10 nitrogen and oxygen atoms in total. The number of aromatic nitrogens is 2. The van der Waals surface area contributed by atoms with Crippen LogP contribution in [0.4, 0.5) is 11.4 Å². The predicted octanol–water partition coefficient (Wildman–Crippen LogP) is 7.31. The molecule has 5 aliphatic rings. The molecule has 5 heterocycles. The number of amides is 3. The van der Waals surface area contributed by atoms with Gasteiger partial charge in [0.05, 0.1) is 11.7 Å².